The van der Waals surface area contributed by atoms with Crippen molar-refractivity contribution in [2.75, 3.05) is 0 Å². The van der Waals surface area contributed by atoms with Crippen LogP contribution in [0.1, 0.15) is 26.3 Å². The molecule has 0 saturated heterocycles. The van der Waals surface area contributed by atoms with E-state index in [1.54, 1.807) is 0 Å². The average molecular weight is 689 g/mol. The number of rotatable bonds is 4. The summed E-state index contributed by atoms with van der Waals surface area (Å²) in [6.07, 6.45) is 0. The van der Waals surface area contributed by atoms with Crippen molar-refractivity contribution in [3.8, 4) is 44.5 Å². The smallest absolute Gasteiger partial charge is 0.00204 e. The molecule has 0 fully saturated rings. The maximum absolute atomic E-state index is 2.45. The van der Waals surface area contributed by atoms with Gasteiger partial charge in [-0.1, -0.05) is 203 Å². The second kappa shape index (κ2) is 12.6. The van der Waals surface area contributed by atoms with Crippen LogP contribution < -0.4 is 0 Å². The molecule has 0 N–H and O–H groups in total. The van der Waals surface area contributed by atoms with Crippen LogP contribution in [0.15, 0.2) is 188 Å². The second-order valence-corrected chi connectivity index (χ2v) is 15.6. The van der Waals surface area contributed by atoms with Crippen molar-refractivity contribution in [1.82, 2.24) is 0 Å². The minimum Gasteiger partial charge on any atom is -0.0622 e. The molecule has 0 spiro atoms. The molecule has 0 heteroatoms. The molecule has 0 amide bonds. The van der Waals surface area contributed by atoms with Crippen LogP contribution in [0.3, 0.4) is 0 Å². The maximum atomic E-state index is 2.45. The van der Waals surface area contributed by atoms with Gasteiger partial charge in [-0.15, -0.1) is 0 Å². The molecule has 0 saturated carbocycles. The molecule has 0 radical (unpaired) electrons. The van der Waals surface area contributed by atoms with Crippen molar-refractivity contribution in [3.05, 3.63) is 194 Å². The summed E-state index contributed by atoms with van der Waals surface area (Å²) in [5, 5.41) is 12.9. The van der Waals surface area contributed by atoms with Crippen LogP contribution in [0, 0.1) is 0 Å². The molecular weight excluding hydrogens is 649 g/mol. The lowest BCUT2D eigenvalue weighted by Gasteiger charge is -2.27. The summed E-state index contributed by atoms with van der Waals surface area (Å²) in [5.74, 6) is 0. The first-order chi connectivity index (χ1) is 26.5. The molecule has 0 heterocycles. The fourth-order valence-corrected chi connectivity index (χ4v) is 9.08. The van der Waals surface area contributed by atoms with E-state index < -0.39 is 0 Å². The summed E-state index contributed by atoms with van der Waals surface area (Å²) in [6, 6.07) is 69.5. The quantitative estimate of drug-likeness (QED) is 0.161. The Labute approximate surface area is 317 Å². The van der Waals surface area contributed by atoms with E-state index in [1.165, 1.54) is 104 Å². The van der Waals surface area contributed by atoms with Gasteiger partial charge < -0.3 is 0 Å². The first kappa shape index (κ1) is 32.2. The van der Waals surface area contributed by atoms with E-state index in [2.05, 4.69) is 209 Å². The Morgan fingerprint density at radius 2 is 0.704 bits per heavy atom. The van der Waals surface area contributed by atoms with Crippen LogP contribution in [0.2, 0.25) is 0 Å². The van der Waals surface area contributed by atoms with Gasteiger partial charge in [-0.3, -0.25) is 0 Å². The predicted molar refractivity (Wildman–Crippen MR) is 234 cm³/mol. The lowest BCUT2D eigenvalue weighted by molar-refractivity contribution is 0.601. The van der Waals surface area contributed by atoms with Gasteiger partial charge in [0.1, 0.15) is 0 Å². The molecule has 10 aromatic carbocycles. The third-order valence-electron chi connectivity index (χ3n) is 11.3. The van der Waals surface area contributed by atoms with Crippen molar-refractivity contribution in [2.45, 2.75) is 26.2 Å². The lowest BCUT2D eigenvalue weighted by atomic mass is 9.77. The summed E-state index contributed by atoms with van der Waals surface area (Å²) in [5.41, 5.74) is 11.4. The highest BCUT2D eigenvalue weighted by molar-refractivity contribution is 6.22. The Balaban J connectivity index is 1.18. The second-order valence-electron chi connectivity index (χ2n) is 15.6. The third-order valence-corrected chi connectivity index (χ3v) is 11.3. The van der Waals surface area contributed by atoms with Gasteiger partial charge in [-0.2, -0.15) is 0 Å². The monoisotopic (exact) mass is 688 g/mol. The molecule has 0 unspecified atom stereocenters. The van der Waals surface area contributed by atoms with Gasteiger partial charge in [0.15, 0.2) is 0 Å². The summed E-state index contributed by atoms with van der Waals surface area (Å²) in [4.78, 5) is 0. The van der Waals surface area contributed by atoms with E-state index in [9.17, 15) is 0 Å². The van der Waals surface area contributed by atoms with E-state index in [1.807, 2.05) is 0 Å². The molecule has 0 aliphatic rings. The fourth-order valence-electron chi connectivity index (χ4n) is 9.08. The van der Waals surface area contributed by atoms with Crippen molar-refractivity contribution < 1.29 is 0 Å². The van der Waals surface area contributed by atoms with Crippen LogP contribution in [-0.4, -0.2) is 0 Å². The molecule has 0 nitrogen and oxygen atoms in total. The van der Waals surface area contributed by atoms with Crippen molar-refractivity contribution in [1.29, 1.82) is 0 Å². The number of hydrogen-bond acceptors (Lipinski definition) is 0. The van der Waals surface area contributed by atoms with E-state index in [4.69, 9.17) is 0 Å². The first-order valence-corrected chi connectivity index (χ1v) is 19.0. The zero-order valence-corrected chi connectivity index (χ0v) is 30.9. The summed E-state index contributed by atoms with van der Waals surface area (Å²) in [6.45, 7) is 7.06. The molecule has 0 aromatic heterocycles. The normalized spacial score (nSPS) is 12.0. The number of hydrogen-bond donors (Lipinski definition) is 0. The zero-order valence-electron chi connectivity index (χ0n) is 30.9. The minimum atomic E-state index is -0.0638. The maximum Gasteiger partial charge on any atom is -0.00204 e. The Hall–Kier alpha value is -6.50. The van der Waals surface area contributed by atoms with Crippen LogP contribution in [-0.2, 0) is 5.41 Å². The summed E-state index contributed by atoms with van der Waals surface area (Å²) < 4.78 is 0. The van der Waals surface area contributed by atoms with Gasteiger partial charge in [-0.05, 0) is 115 Å². The molecule has 256 valence electrons. The van der Waals surface area contributed by atoms with E-state index in [-0.39, 0.29) is 5.41 Å². The van der Waals surface area contributed by atoms with Crippen LogP contribution >= 0.6 is 0 Å². The highest BCUT2D eigenvalue weighted by atomic mass is 14.3. The minimum absolute atomic E-state index is 0.0638. The summed E-state index contributed by atoms with van der Waals surface area (Å²) in [7, 11) is 0. The number of fused-ring (bicyclic) bond motifs is 5. The molecule has 10 aromatic rings. The molecule has 10 rings (SSSR count). The molecule has 0 bridgehead atoms. The first-order valence-electron chi connectivity index (χ1n) is 19.0. The molecule has 0 aliphatic heterocycles. The Morgan fingerprint density at radius 1 is 0.278 bits per heavy atom. The van der Waals surface area contributed by atoms with Crippen molar-refractivity contribution in [3.63, 3.8) is 0 Å². The Morgan fingerprint density at radius 3 is 1.30 bits per heavy atom. The van der Waals surface area contributed by atoms with E-state index in [0.29, 0.717) is 0 Å². The highest BCUT2D eigenvalue weighted by Gasteiger charge is 2.24. The molecule has 0 aliphatic carbocycles. The SMILES string of the molecule is CC(C)(C)c1c2ccccc2c(-c2cccc3ccccc23)c2ccc(-c3ccc(-c4c5ccccc5c(-c5ccccc5)c5ccccc45)cc3)cc12. The van der Waals surface area contributed by atoms with Gasteiger partial charge in [-0.25, -0.2) is 0 Å². The molecular formula is C54H40. The lowest BCUT2D eigenvalue weighted by Crippen LogP contribution is -2.13. The van der Waals surface area contributed by atoms with Gasteiger partial charge in [0, 0.05) is 0 Å². The van der Waals surface area contributed by atoms with Gasteiger partial charge in [0.2, 0.25) is 0 Å². The highest BCUT2D eigenvalue weighted by Crippen LogP contribution is 2.47. The Bertz CT molecular complexity index is 2990. The fraction of sp³-hybridized carbons (Fsp3) is 0.0741. The number of benzene rings is 10. The largest absolute Gasteiger partial charge is 0.0622 e. The zero-order chi connectivity index (χ0) is 36.4. The standard InChI is InChI=1S/C54H40/c1-54(2,3)53-48-26-14-13-25-46(48)52(41-27-15-19-36-16-7-8-20-40(36)41)47-33-32-39(34-49(47)53)35-28-30-38(31-29-35)51-44-23-11-9-21-42(44)50(37-17-5-4-6-18-37)43-22-10-12-24-45(43)51/h4-34H,1-3H3. The molecule has 0 atom stereocenters. The van der Waals surface area contributed by atoms with Crippen LogP contribution in [0.5, 0.6) is 0 Å². The van der Waals surface area contributed by atoms with Gasteiger partial charge >= 0.3 is 0 Å². The van der Waals surface area contributed by atoms with Crippen molar-refractivity contribution >= 4 is 53.9 Å². The molecule has 54 heavy (non-hydrogen) atoms. The predicted octanol–water partition coefficient (Wildman–Crippen LogP) is 15.4. The van der Waals surface area contributed by atoms with Gasteiger partial charge in [0.05, 0.1) is 0 Å². The van der Waals surface area contributed by atoms with Crippen LogP contribution in [0.4, 0.5) is 0 Å². The van der Waals surface area contributed by atoms with E-state index in [0.717, 1.165) is 0 Å². The van der Waals surface area contributed by atoms with Crippen LogP contribution in [0.25, 0.3) is 98.4 Å². The third kappa shape index (κ3) is 5.13. The van der Waals surface area contributed by atoms with Crippen molar-refractivity contribution in [2.24, 2.45) is 0 Å². The van der Waals surface area contributed by atoms with Gasteiger partial charge in [0.25, 0.3) is 0 Å². The topological polar surface area (TPSA) is 0 Å². The average Bonchev–Trinajstić information content (AvgIpc) is 3.21. The Kier molecular flexibility index (Phi) is 7.49. The summed E-state index contributed by atoms with van der Waals surface area (Å²) >= 11 is 0. The van der Waals surface area contributed by atoms with E-state index >= 15 is 0 Å².